The Morgan fingerprint density at radius 1 is 1.07 bits per heavy atom. The molecule has 5 nitrogen and oxygen atoms in total. The van der Waals surface area contributed by atoms with Crippen LogP contribution in [0.15, 0.2) is 70.7 Å². The molecule has 0 atom stereocenters. The Hall–Kier alpha value is -3.52. The van der Waals surface area contributed by atoms with Gasteiger partial charge in [-0.1, -0.05) is 6.07 Å². The molecule has 30 heavy (non-hydrogen) atoms. The van der Waals surface area contributed by atoms with E-state index in [9.17, 15) is 13.6 Å². The van der Waals surface area contributed by atoms with Crippen molar-refractivity contribution in [2.45, 2.75) is 13.2 Å². The molecule has 0 saturated heterocycles. The second-order valence-electron chi connectivity index (χ2n) is 6.31. The number of amides is 1. The molecule has 0 fully saturated rings. The highest BCUT2D eigenvalue weighted by atomic mass is 32.1. The summed E-state index contributed by atoms with van der Waals surface area (Å²) in [6.07, 6.45) is 1.54. The van der Waals surface area contributed by atoms with E-state index < -0.39 is 11.6 Å². The van der Waals surface area contributed by atoms with Gasteiger partial charge in [0.25, 0.3) is 5.91 Å². The molecule has 152 valence electrons. The summed E-state index contributed by atoms with van der Waals surface area (Å²) in [7, 11) is 0. The molecule has 1 amide bonds. The van der Waals surface area contributed by atoms with Gasteiger partial charge in [-0.25, -0.2) is 13.8 Å². The molecule has 2 aromatic heterocycles. The first-order valence-corrected chi connectivity index (χ1v) is 9.90. The van der Waals surface area contributed by atoms with Gasteiger partial charge in [-0.2, -0.15) is 0 Å². The number of carbonyl (C=O) groups is 1. The maximum absolute atomic E-state index is 13.7. The summed E-state index contributed by atoms with van der Waals surface area (Å²) in [4.78, 5) is 16.6. The maximum Gasteiger partial charge on any atom is 0.271 e. The standard InChI is InChI=1S/C22H16F2N2O3S/c23-18-4-1-5-19(24)17(18)12-29-15-8-6-14(7-9-15)22-26-20(13-30-22)21(27)25-11-16-3-2-10-28-16/h1-10,13H,11-12H2,(H,25,27). The number of aromatic nitrogens is 1. The summed E-state index contributed by atoms with van der Waals surface area (Å²) in [5.74, 6) is -0.459. The summed E-state index contributed by atoms with van der Waals surface area (Å²) in [6, 6.07) is 14.1. The summed E-state index contributed by atoms with van der Waals surface area (Å²) in [6.45, 7) is 0.0719. The highest BCUT2D eigenvalue weighted by Crippen LogP contribution is 2.26. The van der Waals surface area contributed by atoms with Gasteiger partial charge >= 0.3 is 0 Å². The summed E-state index contributed by atoms with van der Waals surface area (Å²) < 4.78 is 38.0. The molecular weight excluding hydrogens is 410 g/mol. The van der Waals surface area contributed by atoms with Gasteiger partial charge in [0.1, 0.15) is 40.5 Å². The lowest BCUT2D eigenvalue weighted by Crippen LogP contribution is -2.22. The van der Waals surface area contributed by atoms with Crippen molar-refractivity contribution in [1.29, 1.82) is 0 Å². The van der Waals surface area contributed by atoms with E-state index in [0.29, 0.717) is 22.2 Å². The fraction of sp³-hybridized carbons (Fsp3) is 0.0909. The molecule has 2 aromatic carbocycles. The topological polar surface area (TPSA) is 64.4 Å². The SMILES string of the molecule is O=C(NCc1ccco1)c1csc(-c2ccc(OCc3c(F)cccc3F)cc2)n1. The number of nitrogens with zero attached hydrogens (tertiary/aromatic N) is 1. The number of hydrogen-bond acceptors (Lipinski definition) is 5. The van der Waals surface area contributed by atoms with E-state index in [1.807, 2.05) is 0 Å². The third-order valence-corrected chi connectivity index (χ3v) is 5.18. The number of rotatable bonds is 7. The Labute approximate surface area is 175 Å². The smallest absolute Gasteiger partial charge is 0.271 e. The van der Waals surface area contributed by atoms with Crippen LogP contribution in [0.2, 0.25) is 0 Å². The third kappa shape index (κ3) is 4.55. The monoisotopic (exact) mass is 426 g/mol. The van der Waals surface area contributed by atoms with E-state index in [2.05, 4.69) is 10.3 Å². The normalized spacial score (nSPS) is 10.7. The van der Waals surface area contributed by atoms with Crippen LogP contribution in [0.5, 0.6) is 5.75 Å². The number of ether oxygens (including phenoxy) is 1. The van der Waals surface area contributed by atoms with E-state index in [4.69, 9.17) is 9.15 Å². The van der Waals surface area contributed by atoms with E-state index in [1.165, 1.54) is 29.5 Å². The molecule has 1 N–H and O–H groups in total. The Balaban J connectivity index is 1.37. The Morgan fingerprint density at radius 3 is 2.53 bits per heavy atom. The summed E-state index contributed by atoms with van der Waals surface area (Å²) in [5, 5.41) is 5.10. The number of furan rings is 1. The zero-order valence-corrected chi connectivity index (χ0v) is 16.4. The maximum atomic E-state index is 13.7. The Kier molecular flexibility index (Phi) is 5.85. The quantitative estimate of drug-likeness (QED) is 0.442. The summed E-state index contributed by atoms with van der Waals surface area (Å²) >= 11 is 1.34. The van der Waals surface area contributed by atoms with Crippen molar-refractivity contribution in [1.82, 2.24) is 10.3 Å². The minimum absolute atomic E-state index is 0.119. The van der Waals surface area contributed by atoms with Crippen molar-refractivity contribution in [2.24, 2.45) is 0 Å². The van der Waals surface area contributed by atoms with E-state index in [-0.39, 0.29) is 24.6 Å². The second-order valence-corrected chi connectivity index (χ2v) is 7.17. The van der Waals surface area contributed by atoms with Crippen LogP contribution >= 0.6 is 11.3 Å². The van der Waals surface area contributed by atoms with Crippen LogP contribution in [-0.4, -0.2) is 10.9 Å². The zero-order chi connectivity index (χ0) is 20.9. The average Bonchev–Trinajstić information content (AvgIpc) is 3.44. The lowest BCUT2D eigenvalue weighted by atomic mass is 10.2. The largest absolute Gasteiger partial charge is 0.489 e. The van der Waals surface area contributed by atoms with Crippen molar-refractivity contribution < 1.29 is 22.7 Å². The van der Waals surface area contributed by atoms with Crippen LogP contribution in [0.25, 0.3) is 10.6 Å². The van der Waals surface area contributed by atoms with Gasteiger partial charge in [0.15, 0.2) is 0 Å². The number of nitrogens with one attached hydrogen (secondary N) is 1. The average molecular weight is 426 g/mol. The van der Waals surface area contributed by atoms with Gasteiger partial charge in [-0.3, -0.25) is 4.79 Å². The molecule has 4 aromatic rings. The zero-order valence-electron chi connectivity index (χ0n) is 15.6. The van der Waals surface area contributed by atoms with Crippen LogP contribution in [-0.2, 0) is 13.2 Å². The molecule has 8 heteroatoms. The van der Waals surface area contributed by atoms with Crippen LogP contribution in [0.4, 0.5) is 8.78 Å². The lowest BCUT2D eigenvalue weighted by Gasteiger charge is -2.08. The number of benzene rings is 2. The van der Waals surface area contributed by atoms with Crippen LogP contribution in [0.3, 0.4) is 0 Å². The Morgan fingerprint density at radius 2 is 1.83 bits per heavy atom. The molecule has 0 radical (unpaired) electrons. The lowest BCUT2D eigenvalue weighted by molar-refractivity contribution is 0.0944. The summed E-state index contributed by atoms with van der Waals surface area (Å²) in [5.41, 5.74) is 0.998. The number of carbonyl (C=O) groups excluding carboxylic acids is 1. The first kappa shape index (κ1) is 19.8. The molecule has 0 bridgehead atoms. The number of thiazole rings is 1. The fourth-order valence-electron chi connectivity index (χ4n) is 2.70. The fourth-order valence-corrected chi connectivity index (χ4v) is 3.51. The molecule has 0 saturated carbocycles. The molecule has 4 rings (SSSR count). The van der Waals surface area contributed by atoms with Crippen LogP contribution < -0.4 is 10.1 Å². The highest BCUT2D eigenvalue weighted by molar-refractivity contribution is 7.13. The third-order valence-electron chi connectivity index (χ3n) is 4.29. The van der Waals surface area contributed by atoms with Gasteiger partial charge in [0.05, 0.1) is 18.4 Å². The second kappa shape index (κ2) is 8.87. The minimum atomic E-state index is -0.646. The molecule has 0 spiro atoms. The molecule has 0 aliphatic carbocycles. The van der Waals surface area contributed by atoms with Gasteiger partial charge in [-0.15, -0.1) is 11.3 Å². The highest BCUT2D eigenvalue weighted by Gasteiger charge is 2.13. The molecule has 0 aliphatic heterocycles. The predicted molar refractivity (Wildman–Crippen MR) is 108 cm³/mol. The first-order chi connectivity index (χ1) is 14.6. The molecule has 0 unspecified atom stereocenters. The van der Waals surface area contributed by atoms with Crippen molar-refractivity contribution >= 4 is 17.2 Å². The van der Waals surface area contributed by atoms with E-state index in [1.54, 1.807) is 48.0 Å². The van der Waals surface area contributed by atoms with Crippen molar-refractivity contribution in [3.05, 3.63) is 94.9 Å². The van der Waals surface area contributed by atoms with Crippen molar-refractivity contribution in [3.8, 4) is 16.3 Å². The van der Waals surface area contributed by atoms with Gasteiger partial charge in [0, 0.05) is 10.9 Å². The van der Waals surface area contributed by atoms with Gasteiger partial charge < -0.3 is 14.5 Å². The molecular formula is C22H16F2N2O3S. The van der Waals surface area contributed by atoms with Crippen molar-refractivity contribution in [3.63, 3.8) is 0 Å². The number of hydrogen-bond donors (Lipinski definition) is 1. The first-order valence-electron chi connectivity index (χ1n) is 9.02. The molecule has 2 heterocycles. The van der Waals surface area contributed by atoms with Crippen molar-refractivity contribution in [2.75, 3.05) is 0 Å². The Bertz CT molecular complexity index is 1120. The van der Waals surface area contributed by atoms with Gasteiger partial charge in [0.2, 0.25) is 0 Å². The van der Waals surface area contributed by atoms with Crippen LogP contribution in [0, 0.1) is 11.6 Å². The van der Waals surface area contributed by atoms with Crippen LogP contribution in [0.1, 0.15) is 21.8 Å². The number of halogens is 2. The molecule has 0 aliphatic rings. The van der Waals surface area contributed by atoms with E-state index in [0.717, 1.165) is 5.56 Å². The van der Waals surface area contributed by atoms with E-state index >= 15 is 0 Å². The minimum Gasteiger partial charge on any atom is -0.489 e. The van der Waals surface area contributed by atoms with Gasteiger partial charge in [-0.05, 0) is 48.5 Å². The predicted octanol–water partition coefficient (Wildman–Crippen LogP) is 5.19.